The zero-order valence-corrected chi connectivity index (χ0v) is 13.4. The molecule has 2 aromatic heterocycles. The van der Waals surface area contributed by atoms with Crippen LogP contribution in [0.25, 0.3) is 21.9 Å². The molecule has 0 aliphatic rings. The lowest BCUT2D eigenvalue weighted by atomic mass is 10.2. The average Bonchev–Trinajstić information content (AvgIpc) is 2.76. The maximum atomic E-state index is 13.2. The van der Waals surface area contributed by atoms with Gasteiger partial charge < -0.3 is 4.57 Å². The van der Waals surface area contributed by atoms with Gasteiger partial charge >= 0.3 is 5.69 Å². The Morgan fingerprint density at radius 2 is 1.72 bits per heavy atom. The van der Waals surface area contributed by atoms with Gasteiger partial charge in [-0.05, 0) is 23.8 Å². The summed E-state index contributed by atoms with van der Waals surface area (Å²) in [6.07, 6.45) is 0. The number of hydrogen-bond acceptors (Lipinski definition) is 3. The van der Waals surface area contributed by atoms with E-state index in [-0.39, 0.29) is 11.4 Å². The zero-order valence-electron chi connectivity index (χ0n) is 13.4. The zero-order chi connectivity index (χ0) is 17.6. The van der Waals surface area contributed by atoms with E-state index in [4.69, 9.17) is 0 Å². The number of halogens is 1. The second kappa shape index (κ2) is 5.66. The van der Waals surface area contributed by atoms with Crippen LogP contribution in [0.3, 0.4) is 0 Å². The van der Waals surface area contributed by atoms with Crippen molar-refractivity contribution in [2.24, 2.45) is 7.05 Å². The fourth-order valence-electron chi connectivity index (χ4n) is 3.03. The van der Waals surface area contributed by atoms with Crippen LogP contribution in [-0.4, -0.2) is 14.1 Å². The minimum atomic E-state index is -0.593. The molecule has 124 valence electrons. The van der Waals surface area contributed by atoms with Crippen LogP contribution < -0.4 is 11.2 Å². The molecule has 2 aromatic carbocycles. The molecule has 2 heterocycles. The van der Waals surface area contributed by atoms with Gasteiger partial charge in [0, 0.05) is 19.0 Å². The SMILES string of the molecule is Cn1c(=O)nc2c(c1=O)c1cccccc1n2Cc1ccc(F)cc1. The lowest BCUT2D eigenvalue weighted by Gasteiger charge is -2.06. The minimum Gasteiger partial charge on any atom is -0.320 e. The second-order valence-electron chi connectivity index (χ2n) is 5.88. The lowest BCUT2D eigenvalue weighted by molar-refractivity contribution is 0.626. The minimum absolute atomic E-state index is 0.314. The first-order valence-corrected chi connectivity index (χ1v) is 7.79. The summed E-state index contributed by atoms with van der Waals surface area (Å²) in [5.74, 6) is -0.314. The maximum absolute atomic E-state index is 13.2. The molecular formula is C19H14FN3O2. The molecule has 0 saturated carbocycles. The first kappa shape index (κ1) is 15.3. The Morgan fingerprint density at radius 1 is 1.00 bits per heavy atom. The first-order chi connectivity index (χ1) is 12.1. The van der Waals surface area contributed by atoms with Crippen molar-refractivity contribution in [1.82, 2.24) is 14.1 Å². The topological polar surface area (TPSA) is 56.9 Å². The Labute approximate surface area is 141 Å². The molecule has 0 N–H and O–H groups in total. The molecule has 5 nitrogen and oxygen atoms in total. The van der Waals surface area contributed by atoms with Gasteiger partial charge in [0.15, 0.2) is 5.65 Å². The molecular weight excluding hydrogens is 321 g/mol. The third kappa shape index (κ3) is 2.42. The van der Waals surface area contributed by atoms with Gasteiger partial charge in [-0.15, -0.1) is 0 Å². The van der Waals surface area contributed by atoms with Gasteiger partial charge in [-0.3, -0.25) is 9.36 Å². The van der Waals surface area contributed by atoms with E-state index in [1.54, 1.807) is 12.1 Å². The average molecular weight is 335 g/mol. The predicted molar refractivity (Wildman–Crippen MR) is 94.3 cm³/mol. The van der Waals surface area contributed by atoms with E-state index in [1.807, 2.05) is 34.9 Å². The molecule has 0 unspecified atom stereocenters. The highest BCUT2D eigenvalue weighted by molar-refractivity contribution is 6.05. The highest BCUT2D eigenvalue weighted by atomic mass is 19.1. The van der Waals surface area contributed by atoms with Gasteiger partial charge in [0.05, 0.1) is 10.9 Å². The highest BCUT2D eigenvalue weighted by Gasteiger charge is 2.16. The van der Waals surface area contributed by atoms with Crippen LogP contribution in [0.5, 0.6) is 0 Å². The fourth-order valence-corrected chi connectivity index (χ4v) is 3.03. The number of benzene rings is 1. The third-order valence-corrected chi connectivity index (χ3v) is 4.32. The van der Waals surface area contributed by atoms with E-state index in [2.05, 4.69) is 4.98 Å². The summed E-state index contributed by atoms with van der Waals surface area (Å²) >= 11 is 0. The molecule has 4 rings (SSSR count). The van der Waals surface area contributed by atoms with Crippen molar-refractivity contribution in [3.8, 4) is 0 Å². The van der Waals surface area contributed by atoms with Crippen molar-refractivity contribution < 1.29 is 4.39 Å². The summed E-state index contributed by atoms with van der Waals surface area (Å²) < 4.78 is 16.0. The van der Waals surface area contributed by atoms with Crippen molar-refractivity contribution in [1.29, 1.82) is 0 Å². The predicted octanol–water partition coefficient (Wildman–Crippen LogP) is 2.44. The number of aromatic nitrogens is 3. The first-order valence-electron chi connectivity index (χ1n) is 7.79. The van der Waals surface area contributed by atoms with Crippen molar-refractivity contribution in [2.45, 2.75) is 6.54 Å². The summed E-state index contributed by atoms with van der Waals surface area (Å²) in [5.41, 5.74) is 1.02. The molecule has 25 heavy (non-hydrogen) atoms. The van der Waals surface area contributed by atoms with Gasteiger partial charge in [0.25, 0.3) is 5.56 Å². The van der Waals surface area contributed by atoms with E-state index in [0.29, 0.717) is 17.6 Å². The lowest BCUT2D eigenvalue weighted by Crippen LogP contribution is -2.32. The van der Waals surface area contributed by atoms with Gasteiger partial charge in [0.2, 0.25) is 0 Å². The van der Waals surface area contributed by atoms with Crippen molar-refractivity contribution in [3.63, 3.8) is 0 Å². The summed E-state index contributed by atoms with van der Waals surface area (Å²) in [6.45, 7) is 0.379. The molecule has 0 amide bonds. The Balaban J connectivity index is 2.11. The van der Waals surface area contributed by atoms with Gasteiger partial charge in [-0.25, -0.2) is 9.18 Å². The summed E-state index contributed by atoms with van der Waals surface area (Å²) in [7, 11) is 1.42. The van der Waals surface area contributed by atoms with Crippen LogP contribution in [0.1, 0.15) is 5.56 Å². The van der Waals surface area contributed by atoms with Crippen molar-refractivity contribution in [3.05, 3.63) is 86.8 Å². The normalized spacial score (nSPS) is 11.3. The molecule has 0 atom stereocenters. The van der Waals surface area contributed by atoms with Crippen molar-refractivity contribution >= 4 is 21.9 Å². The Morgan fingerprint density at radius 3 is 2.48 bits per heavy atom. The van der Waals surface area contributed by atoms with Gasteiger partial charge in [0.1, 0.15) is 5.82 Å². The standard InChI is InChI=1S/C19H14FN3O2/c1-22-18(24)16-14-5-3-2-4-6-15(14)23(17(16)21-19(22)25)11-12-7-9-13(20)10-8-12/h2-10H,11H2,1H3. The number of rotatable bonds is 2. The summed E-state index contributed by atoms with van der Waals surface area (Å²) in [5, 5.41) is 1.14. The van der Waals surface area contributed by atoms with Crippen LogP contribution in [0.2, 0.25) is 0 Å². The van der Waals surface area contributed by atoms with E-state index < -0.39 is 5.69 Å². The van der Waals surface area contributed by atoms with Crippen LogP contribution in [-0.2, 0) is 13.6 Å². The quantitative estimate of drug-likeness (QED) is 0.565. The van der Waals surface area contributed by atoms with Crippen LogP contribution in [0.15, 0.2) is 64.2 Å². The number of nitrogens with zero attached hydrogens (tertiary/aromatic N) is 3. The molecule has 4 aromatic rings. The monoisotopic (exact) mass is 335 g/mol. The molecule has 6 heteroatoms. The molecule has 0 spiro atoms. The maximum Gasteiger partial charge on any atom is 0.352 e. The second-order valence-corrected chi connectivity index (χ2v) is 5.88. The third-order valence-electron chi connectivity index (χ3n) is 4.32. The molecule has 0 saturated heterocycles. The van der Waals surface area contributed by atoms with Crippen LogP contribution in [0.4, 0.5) is 4.39 Å². The molecule has 0 aliphatic heterocycles. The van der Waals surface area contributed by atoms with E-state index in [0.717, 1.165) is 21.0 Å². The van der Waals surface area contributed by atoms with E-state index in [1.165, 1.54) is 19.2 Å². The molecule has 0 fully saturated rings. The highest BCUT2D eigenvalue weighted by Crippen LogP contribution is 2.25. The largest absolute Gasteiger partial charge is 0.352 e. The van der Waals surface area contributed by atoms with Gasteiger partial charge in [-0.2, -0.15) is 4.98 Å². The number of hydrogen-bond donors (Lipinski definition) is 0. The van der Waals surface area contributed by atoms with E-state index in [9.17, 15) is 14.0 Å². The molecule has 0 bridgehead atoms. The Hall–Kier alpha value is -3.28. The fraction of sp³-hybridized carbons (Fsp3) is 0.105. The Kier molecular flexibility index (Phi) is 3.46. The summed E-state index contributed by atoms with van der Waals surface area (Å²) in [4.78, 5) is 28.8. The smallest absolute Gasteiger partial charge is 0.320 e. The van der Waals surface area contributed by atoms with Gasteiger partial charge in [-0.1, -0.05) is 36.4 Å². The molecule has 0 radical (unpaired) electrons. The van der Waals surface area contributed by atoms with E-state index >= 15 is 0 Å². The Bertz CT molecular complexity index is 1220. The number of fused-ring (bicyclic) bond motifs is 3. The van der Waals surface area contributed by atoms with Crippen molar-refractivity contribution in [2.75, 3.05) is 0 Å². The summed E-state index contributed by atoms with van der Waals surface area (Å²) in [6, 6.07) is 15.4. The molecule has 0 aliphatic carbocycles. The van der Waals surface area contributed by atoms with Crippen LogP contribution >= 0.6 is 0 Å². The van der Waals surface area contributed by atoms with Crippen LogP contribution in [0, 0.1) is 5.82 Å².